The summed E-state index contributed by atoms with van der Waals surface area (Å²) < 4.78 is 35.2. The van der Waals surface area contributed by atoms with Crippen molar-refractivity contribution < 1.29 is 33.0 Å². The highest BCUT2D eigenvalue weighted by Gasteiger charge is 2.35. The van der Waals surface area contributed by atoms with Gasteiger partial charge in [0.05, 0.1) is 30.7 Å². The second-order valence-corrected chi connectivity index (χ2v) is 13.6. The first-order valence-corrected chi connectivity index (χ1v) is 17.0. The van der Waals surface area contributed by atoms with Crippen LogP contribution in [-0.4, -0.2) is 66.3 Å². The number of rotatable bonds is 12. The Morgan fingerprint density at radius 2 is 1.81 bits per heavy atom. The molecule has 0 radical (unpaired) electrons. The van der Waals surface area contributed by atoms with Crippen LogP contribution in [0.3, 0.4) is 0 Å². The van der Waals surface area contributed by atoms with E-state index in [-0.39, 0.29) is 24.7 Å². The van der Waals surface area contributed by atoms with Gasteiger partial charge in [-0.3, -0.25) is 0 Å². The maximum Gasteiger partial charge on any atom is 0.410 e. The number of piperidine rings is 1. The Hall–Kier alpha value is -4.45. The minimum absolute atomic E-state index is 0.0420. The molecule has 11 heteroatoms. The number of carbonyl (C=O) groups is 1. The standard InChI is InChI=1S/C37H41N3O7S/c1-37(2,3)46-36(41)40-18-17-29(26-13-15-28(16-14-26)44-24-33-38-35(39-47-33)32-10-7-21-48-32)31(22-40)45-23-27-12-11-25-8-5-6-9-30(25)34(27)43-20-19-42-4/h5-16,21,29,31H,17-20,22-24H2,1-4H3. The van der Waals surface area contributed by atoms with Crippen molar-refractivity contribution in [3.05, 3.63) is 95.2 Å². The van der Waals surface area contributed by atoms with Gasteiger partial charge in [-0.05, 0) is 61.7 Å². The van der Waals surface area contributed by atoms with Crippen LogP contribution < -0.4 is 9.47 Å². The fourth-order valence-electron chi connectivity index (χ4n) is 5.73. The van der Waals surface area contributed by atoms with Crippen molar-refractivity contribution in [1.29, 1.82) is 0 Å². The number of nitrogens with zero attached hydrogens (tertiary/aromatic N) is 3. The van der Waals surface area contributed by atoms with Crippen LogP contribution in [0.2, 0.25) is 0 Å². The van der Waals surface area contributed by atoms with Crippen LogP contribution in [0, 0.1) is 0 Å². The molecule has 10 nitrogen and oxygen atoms in total. The van der Waals surface area contributed by atoms with Gasteiger partial charge in [0.25, 0.3) is 5.89 Å². The minimum atomic E-state index is -0.591. The van der Waals surface area contributed by atoms with Crippen LogP contribution in [0.4, 0.5) is 4.79 Å². The lowest BCUT2D eigenvalue weighted by Crippen LogP contribution is -2.48. The maximum absolute atomic E-state index is 13.1. The molecule has 3 heterocycles. The highest BCUT2D eigenvalue weighted by Crippen LogP contribution is 2.35. The summed E-state index contributed by atoms with van der Waals surface area (Å²) in [4.78, 5) is 20.2. The number of hydrogen-bond acceptors (Lipinski definition) is 10. The second kappa shape index (κ2) is 15.2. The van der Waals surface area contributed by atoms with E-state index in [9.17, 15) is 4.79 Å². The molecule has 3 aromatic carbocycles. The van der Waals surface area contributed by atoms with Crippen molar-refractivity contribution >= 4 is 28.2 Å². The van der Waals surface area contributed by atoms with Crippen LogP contribution in [0.1, 0.15) is 50.1 Å². The summed E-state index contributed by atoms with van der Waals surface area (Å²) in [7, 11) is 1.66. The van der Waals surface area contributed by atoms with E-state index in [1.807, 2.05) is 68.6 Å². The Labute approximate surface area is 284 Å². The van der Waals surface area contributed by atoms with E-state index in [0.717, 1.165) is 32.5 Å². The van der Waals surface area contributed by atoms with Crippen molar-refractivity contribution in [1.82, 2.24) is 15.0 Å². The predicted octanol–water partition coefficient (Wildman–Crippen LogP) is 7.87. The maximum atomic E-state index is 13.1. The average molecular weight is 672 g/mol. The highest BCUT2D eigenvalue weighted by molar-refractivity contribution is 7.13. The summed E-state index contributed by atoms with van der Waals surface area (Å²) in [6, 6.07) is 24.2. The van der Waals surface area contributed by atoms with E-state index in [1.165, 1.54) is 0 Å². The van der Waals surface area contributed by atoms with Gasteiger partial charge >= 0.3 is 6.09 Å². The first-order valence-electron chi connectivity index (χ1n) is 16.1. The zero-order chi connectivity index (χ0) is 33.5. The van der Waals surface area contributed by atoms with Crippen molar-refractivity contribution in [2.75, 3.05) is 33.4 Å². The van der Waals surface area contributed by atoms with E-state index in [4.69, 9.17) is 28.2 Å². The van der Waals surface area contributed by atoms with Gasteiger partial charge in [-0.15, -0.1) is 11.3 Å². The Balaban J connectivity index is 1.17. The fourth-order valence-corrected chi connectivity index (χ4v) is 6.38. The first kappa shape index (κ1) is 33.5. The molecular weight excluding hydrogens is 630 g/mol. The molecule has 2 aromatic heterocycles. The lowest BCUT2D eigenvalue weighted by Gasteiger charge is -2.39. The van der Waals surface area contributed by atoms with Crippen molar-refractivity contribution in [2.45, 2.75) is 58.0 Å². The van der Waals surface area contributed by atoms with Crippen molar-refractivity contribution in [3.8, 4) is 22.2 Å². The van der Waals surface area contributed by atoms with Gasteiger partial charge in [0.2, 0.25) is 5.82 Å². The Kier molecular flexibility index (Phi) is 10.6. The number of benzene rings is 3. The predicted molar refractivity (Wildman–Crippen MR) is 183 cm³/mol. The molecule has 0 N–H and O–H groups in total. The smallest absolute Gasteiger partial charge is 0.410 e. The highest BCUT2D eigenvalue weighted by atomic mass is 32.1. The number of likely N-dealkylation sites (tertiary alicyclic amines) is 1. The second-order valence-electron chi connectivity index (χ2n) is 12.6. The molecule has 0 saturated carbocycles. The third kappa shape index (κ3) is 8.33. The Morgan fingerprint density at radius 1 is 0.979 bits per heavy atom. The van der Waals surface area contributed by atoms with Crippen LogP contribution in [-0.2, 0) is 27.4 Å². The molecule has 1 amide bonds. The SMILES string of the molecule is COCCOc1c(COC2CN(C(=O)OC(C)(C)C)CCC2c2ccc(OCc3nc(-c4cccs4)no3)cc2)ccc2ccccc12. The van der Waals surface area contributed by atoms with Crippen molar-refractivity contribution in [3.63, 3.8) is 0 Å². The number of carbonyl (C=O) groups excluding carboxylic acids is 1. The molecule has 2 atom stereocenters. The quantitative estimate of drug-likeness (QED) is 0.123. The molecule has 5 aromatic rings. The summed E-state index contributed by atoms with van der Waals surface area (Å²) in [6.45, 7) is 7.96. The van der Waals surface area contributed by atoms with Crippen molar-refractivity contribution in [2.24, 2.45) is 0 Å². The van der Waals surface area contributed by atoms with E-state index >= 15 is 0 Å². The van der Waals surface area contributed by atoms with Gasteiger partial charge in [0.15, 0.2) is 6.61 Å². The average Bonchev–Trinajstić information content (AvgIpc) is 3.79. The van der Waals surface area contributed by atoms with Crippen LogP contribution in [0.15, 0.2) is 82.7 Å². The number of amides is 1. The third-order valence-electron chi connectivity index (χ3n) is 8.04. The van der Waals surface area contributed by atoms with Gasteiger partial charge in [-0.25, -0.2) is 4.79 Å². The van der Waals surface area contributed by atoms with Gasteiger partial charge in [-0.1, -0.05) is 59.8 Å². The number of thiophene rings is 1. The van der Waals surface area contributed by atoms with E-state index in [0.29, 0.717) is 56.8 Å². The summed E-state index contributed by atoms with van der Waals surface area (Å²) in [6.07, 6.45) is 0.0910. The third-order valence-corrected chi connectivity index (χ3v) is 8.90. The molecule has 1 fully saturated rings. The Morgan fingerprint density at radius 3 is 2.58 bits per heavy atom. The summed E-state index contributed by atoms with van der Waals surface area (Å²) >= 11 is 1.55. The minimum Gasteiger partial charge on any atom is -0.490 e. The van der Waals surface area contributed by atoms with Gasteiger partial charge in [0, 0.05) is 30.5 Å². The molecule has 0 aliphatic carbocycles. The number of fused-ring (bicyclic) bond motifs is 1. The monoisotopic (exact) mass is 671 g/mol. The molecule has 1 aliphatic rings. The van der Waals surface area contributed by atoms with E-state index < -0.39 is 5.60 Å². The van der Waals surface area contributed by atoms with E-state index in [1.54, 1.807) is 23.3 Å². The molecule has 0 spiro atoms. The largest absolute Gasteiger partial charge is 0.490 e. The van der Waals surface area contributed by atoms with Crippen LogP contribution in [0.25, 0.3) is 21.5 Å². The molecule has 1 saturated heterocycles. The topological polar surface area (TPSA) is 105 Å². The van der Waals surface area contributed by atoms with Crippen LogP contribution in [0.5, 0.6) is 11.5 Å². The number of ether oxygens (including phenoxy) is 5. The molecule has 2 unspecified atom stereocenters. The summed E-state index contributed by atoms with van der Waals surface area (Å²) in [5, 5.41) is 8.13. The molecule has 48 heavy (non-hydrogen) atoms. The number of hydrogen-bond donors (Lipinski definition) is 0. The number of aromatic nitrogens is 2. The van der Waals surface area contributed by atoms with Gasteiger partial charge < -0.3 is 33.1 Å². The normalized spacial score (nSPS) is 16.6. The molecule has 0 bridgehead atoms. The first-order chi connectivity index (χ1) is 23.3. The summed E-state index contributed by atoms with van der Waals surface area (Å²) in [5.74, 6) is 2.48. The van der Waals surface area contributed by atoms with Gasteiger partial charge in [0.1, 0.15) is 23.7 Å². The zero-order valence-electron chi connectivity index (χ0n) is 27.7. The number of methoxy groups -OCH3 is 1. The van der Waals surface area contributed by atoms with Crippen LogP contribution >= 0.6 is 11.3 Å². The lowest BCUT2D eigenvalue weighted by atomic mass is 9.87. The molecule has 252 valence electrons. The van der Waals surface area contributed by atoms with Gasteiger partial charge in [-0.2, -0.15) is 4.98 Å². The zero-order valence-corrected chi connectivity index (χ0v) is 28.5. The Bertz CT molecular complexity index is 1780. The molecule has 6 rings (SSSR count). The lowest BCUT2D eigenvalue weighted by molar-refractivity contribution is -0.0364. The molecular formula is C37H41N3O7S. The molecule has 1 aliphatic heterocycles. The fraction of sp³-hybridized carbons (Fsp3) is 0.378. The summed E-state index contributed by atoms with van der Waals surface area (Å²) in [5.41, 5.74) is 1.45. The van der Waals surface area contributed by atoms with E-state index in [2.05, 4.69) is 40.5 Å².